The largest absolute Gasteiger partial charge is 0.340 e. The van der Waals surface area contributed by atoms with E-state index >= 15 is 0 Å². The van der Waals surface area contributed by atoms with Gasteiger partial charge in [0.05, 0.1) is 10.5 Å². The molecule has 1 aromatic carbocycles. The van der Waals surface area contributed by atoms with Crippen molar-refractivity contribution in [2.45, 2.75) is 44.9 Å². The predicted molar refractivity (Wildman–Crippen MR) is 91.7 cm³/mol. The van der Waals surface area contributed by atoms with E-state index in [4.69, 9.17) is 11.6 Å². The number of fused-ring (bicyclic) bond motifs is 1. The fourth-order valence-electron chi connectivity index (χ4n) is 3.64. The van der Waals surface area contributed by atoms with Crippen molar-refractivity contribution >= 4 is 28.5 Å². The third kappa shape index (κ3) is 3.00. The highest BCUT2D eigenvalue weighted by atomic mass is 35.5. The molecule has 3 nitrogen and oxygen atoms in total. The number of hydrogen-bond acceptors (Lipinski definition) is 1. The summed E-state index contributed by atoms with van der Waals surface area (Å²) in [5, 5.41) is 4.48. The molecule has 0 spiro atoms. The topological polar surface area (TPSA) is 34.0 Å². The maximum atomic E-state index is 12.1. The van der Waals surface area contributed by atoms with E-state index in [9.17, 15) is 4.79 Å². The molecule has 0 atom stereocenters. The summed E-state index contributed by atoms with van der Waals surface area (Å²) in [5.41, 5.74) is 2.10. The van der Waals surface area contributed by atoms with E-state index in [1.165, 1.54) is 44.1 Å². The quantitative estimate of drug-likeness (QED) is 0.777. The van der Waals surface area contributed by atoms with Gasteiger partial charge in [-0.25, -0.2) is 4.79 Å². The number of rotatable bonds is 2. The molecule has 0 bridgehead atoms. The molecule has 1 amide bonds. The molecule has 118 valence electrons. The SMILES string of the molecule is CNC(=O)n1cc(CC2CCCCCC2)c2c(Cl)cccc21. The van der Waals surface area contributed by atoms with Gasteiger partial charge in [0, 0.05) is 18.6 Å². The average Bonchev–Trinajstić information content (AvgIpc) is 2.70. The van der Waals surface area contributed by atoms with Gasteiger partial charge in [0.2, 0.25) is 0 Å². The second-order valence-electron chi connectivity index (χ2n) is 6.28. The van der Waals surface area contributed by atoms with Crippen LogP contribution in [-0.4, -0.2) is 17.6 Å². The smallest absolute Gasteiger partial charge is 0.325 e. The number of carbonyl (C=O) groups is 1. The Morgan fingerprint density at radius 2 is 2.00 bits per heavy atom. The molecule has 1 N–H and O–H groups in total. The molecule has 22 heavy (non-hydrogen) atoms. The molecular weight excluding hydrogens is 296 g/mol. The summed E-state index contributed by atoms with van der Waals surface area (Å²) in [6.07, 6.45) is 10.9. The van der Waals surface area contributed by atoms with Crippen LogP contribution in [-0.2, 0) is 6.42 Å². The first-order valence-corrected chi connectivity index (χ1v) is 8.59. The van der Waals surface area contributed by atoms with Crippen molar-refractivity contribution < 1.29 is 4.79 Å². The van der Waals surface area contributed by atoms with Crippen molar-refractivity contribution in [3.63, 3.8) is 0 Å². The molecule has 4 heteroatoms. The molecule has 1 aliphatic carbocycles. The minimum absolute atomic E-state index is 0.112. The Morgan fingerprint density at radius 1 is 1.27 bits per heavy atom. The number of nitrogens with one attached hydrogen (secondary N) is 1. The number of benzene rings is 1. The fraction of sp³-hybridized carbons (Fsp3) is 0.500. The fourth-order valence-corrected chi connectivity index (χ4v) is 3.93. The van der Waals surface area contributed by atoms with Crippen molar-refractivity contribution in [2.75, 3.05) is 7.05 Å². The van der Waals surface area contributed by atoms with E-state index < -0.39 is 0 Å². The number of hydrogen-bond donors (Lipinski definition) is 1. The van der Waals surface area contributed by atoms with Crippen LogP contribution < -0.4 is 5.32 Å². The molecule has 1 aromatic heterocycles. The lowest BCUT2D eigenvalue weighted by Gasteiger charge is -2.13. The second kappa shape index (κ2) is 6.74. The summed E-state index contributed by atoms with van der Waals surface area (Å²) in [4.78, 5) is 12.1. The van der Waals surface area contributed by atoms with Crippen LogP contribution in [0.3, 0.4) is 0 Å². The monoisotopic (exact) mass is 318 g/mol. The normalized spacial score (nSPS) is 16.6. The van der Waals surface area contributed by atoms with Crippen molar-refractivity contribution in [1.29, 1.82) is 0 Å². The van der Waals surface area contributed by atoms with Gasteiger partial charge < -0.3 is 5.32 Å². The summed E-state index contributed by atoms with van der Waals surface area (Å²) in [5.74, 6) is 0.711. The highest BCUT2D eigenvalue weighted by Gasteiger charge is 2.19. The molecule has 1 fully saturated rings. The minimum Gasteiger partial charge on any atom is -0.340 e. The zero-order valence-corrected chi connectivity index (χ0v) is 13.8. The summed E-state index contributed by atoms with van der Waals surface area (Å²) in [6.45, 7) is 0. The van der Waals surface area contributed by atoms with Crippen molar-refractivity contribution in [1.82, 2.24) is 9.88 Å². The van der Waals surface area contributed by atoms with E-state index in [1.54, 1.807) is 11.6 Å². The predicted octanol–water partition coefficient (Wildman–Crippen LogP) is 5.00. The number of amides is 1. The Kier molecular flexibility index (Phi) is 4.72. The van der Waals surface area contributed by atoms with Crippen molar-refractivity contribution in [2.24, 2.45) is 5.92 Å². The first kappa shape index (κ1) is 15.4. The van der Waals surface area contributed by atoms with Gasteiger partial charge in [-0.15, -0.1) is 0 Å². The molecule has 2 aromatic rings. The number of aromatic nitrogens is 1. The Hall–Kier alpha value is -1.48. The van der Waals surface area contributed by atoms with E-state index in [-0.39, 0.29) is 6.03 Å². The van der Waals surface area contributed by atoms with Gasteiger partial charge in [0.25, 0.3) is 0 Å². The molecule has 0 unspecified atom stereocenters. The van der Waals surface area contributed by atoms with Gasteiger partial charge in [0.15, 0.2) is 0 Å². The highest BCUT2D eigenvalue weighted by Crippen LogP contribution is 2.33. The standard InChI is InChI=1S/C18H23ClN2O/c1-20-18(22)21-12-14(11-13-7-4-2-3-5-8-13)17-15(19)9-6-10-16(17)21/h6,9-10,12-13H,2-5,7-8,11H2,1H3,(H,20,22). The first-order chi connectivity index (χ1) is 10.7. The van der Waals surface area contributed by atoms with Crippen LogP contribution >= 0.6 is 11.6 Å². The number of carbonyl (C=O) groups excluding carboxylic acids is 1. The molecule has 1 heterocycles. The van der Waals surface area contributed by atoms with Crippen molar-refractivity contribution in [3.05, 3.63) is 35.0 Å². The van der Waals surface area contributed by atoms with E-state index in [0.29, 0.717) is 5.92 Å². The van der Waals surface area contributed by atoms with Gasteiger partial charge in [-0.05, 0) is 30.0 Å². The summed E-state index contributed by atoms with van der Waals surface area (Å²) < 4.78 is 1.69. The van der Waals surface area contributed by atoms with Crippen LogP contribution in [0.2, 0.25) is 5.02 Å². The van der Waals surface area contributed by atoms with Crippen LogP contribution in [0, 0.1) is 5.92 Å². The third-order valence-corrected chi connectivity index (χ3v) is 5.09. The van der Waals surface area contributed by atoms with Crippen LogP contribution in [0.5, 0.6) is 0 Å². The van der Waals surface area contributed by atoms with E-state index in [0.717, 1.165) is 22.3 Å². The zero-order valence-electron chi connectivity index (χ0n) is 13.1. The lowest BCUT2D eigenvalue weighted by Crippen LogP contribution is -2.23. The number of halogens is 1. The van der Waals surface area contributed by atoms with Crippen LogP contribution in [0.25, 0.3) is 10.9 Å². The van der Waals surface area contributed by atoms with E-state index in [1.807, 2.05) is 24.4 Å². The zero-order chi connectivity index (χ0) is 15.5. The molecular formula is C18H23ClN2O. The molecule has 1 saturated carbocycles. The lowest BCUT2D eigenvalue weighted by atomic mass is 9.92. The number of nitrogens with zero attached hydrogens (tertiary/aromatic N) is 1. The average molecular weight is 319 g/mol. The van der Waals surface area contributed by atoms with Gasteiger partial charge in [-0.1, -0.05) is 56.2 Å². The molecule has 3 rings (SSSR count). The van der Waals surface area contributed by atoms with Gasteiger partial charge in [-0.2, -0.15) is 0 Å². The molecule has 0 aliphatic heterocycles. The van der Waals surface area contributed by atoms with Gasteiger partial charge in [0.1, 0.15) is 0 Å². The molecule has 0 radical (unpaired) electrons. The van der Waals surface area contributed by atoms with E-state index in [2.05, 4.69) is 5.32 Å². The van der Waals surface area contributed by atoms with Crippen LogP contribution in [0.15, 0.2) is 24.4 Å². The third-order valence-electron chi connectivity index (χ3n) is 4.77. The Bertz CT molecular complexity index is 669. The second-order valence-corrected chi connectivity index (χ2v) is 6.68. The van der Waals surface area contributed by atoms with Gasteiger partial charge in [-0.3, -0.25) is 4.57 Å². The van der Waals surface area contributed by atoms with Crippen LogP contribution in [0.4, 0.5) is 4.79 Å². The van der Waals surface area contributed by atoms with Crippen molar-refractivity contribution in [3.8, 4) is 0 Å². The highest BCUT2D eigenvalue weighted by molar-refractivity contribution is 6.35. The molecule has 1 aliphatic rings. The summed E-state index contributed by atoms with van der Waals surface area (Å²) >= 11 is 6.43. The first-order valence-electron chi connectivity index (χ1n) is 8.21. The summed E-state index contributed by atoms with van der Waals surface area (Å²) in [7, 11) is 1.66. The molecule has 0 saturated heterocycles. The van der Waals surface area contributed by atoms with Gasteiger partial charge >= 0.3 is 6.03 Å². The Balaban J connectivity index is 1.99. The maximum absolute atomic E-state index is 12.1. The summed E-state index contributed by atoms with van der Waals surface area (Å²) in [6, 6.07) is 5.67. The lowest BCUT2D eigenvalue weighted by molar-refractivity contribution is 0.245. The minimum atomic E-state index is -0.112. The Morgan fingerprint density at radius 3 is 2.68 bits per heavy atom. The Labute approximate surface area is 136 Å². The maximum Gasteiger partial charge on any atom is 0.325 e. The van der Waals surface area contributed by atoms with Crippen LogP contribution in [0.1, 0.15) is 44.1 Å².